The molecule has 3 rings (SSSR count). The Hall–Kier alpha value is -2.46. The molecular formula is C27H39ClN4O4Si. The second kappa shape index (κ2) is 11.5. The van der Waals surface area contributed by atoms with Gasteiger partial charge in [0.25, 0.3) is 0 Å². The molecule has 202 valence electrons. The number of benzene rings is 1. The van der Waals surface area contributed by atoms with E-state index in [1.54, 1.807) is 16.8 Å². The van der Waals surface area contributed by atoms with Crippen LogP contribution in [0.5, 0.6) is 0 Å². The van der Waals surface area contributed by atoms with Gasteiger partial charge in [0.2, 0.25) is 0 Å². The summed E-state index contributed by atoms with van der Waals surface area (Å²) in [6.45, 7) is 18.0. The summed E-state index contributed by atoms with van der Waals surface area (Å²) in [5.74, 6) is 0.451. The minimum absolute atomic E-state index is 0.134. The van der Waals surface area contributed by atoms with Gasteiger partial charge in [-0.05, 0) is 44.5 Å². The monoisotopic (exact) mass is 546 g/mol. The first-order valence-electron chi connectivity index (χ1n) is 12.5. The predicted octanol–water partition coefficient (Wildman–Crippen LogP) is 6.83. The van der Waals surface area contributed by atoms with E-state index in [-0.39, 0.29) is 23.3 Å². The number of rotatable bonds is 9. The van der Waals surface area contributed by atoms with Crippen molar-refractivity contribution in [1.82, 2.24) is 14.6 Å². The molecule has 0 aliphatic heterocycles. The van der Waals surface area contributed by atoms with E-state index in [1.165, 1.54) is 4.90 Å². The highest BCUT2D eigenvalue weighted by Gasteiger charge is 2.37. The van der Waals surface area contributed by atoms with Crippen LogP contribution in [0.3, 0.4) is 0 Å². The van der Waals surface area contributed by atoms with Crippen molar-refractivity contribution in [3.8, 4) is 11.1 Å². The quantitative estimate of drug-likeness (QED) is 0.166. The maximum atomic E-state index is 13.3. The summed E-state index contributed by atoms with van der Waals surface area (Å²) >= 11 is 6.43. The van der Waals surface area contributed by atoms with Crippen LogP contribution in [0.1, 0.15) is 41.5 Å². The first-order chi connectivity index (χ1) is 17.2. The highest BCUT2D eigenvalue weighted by Crippen LogP contribution is 2.36. The minimum atomic E-state index is -1.84. The summed E-state index contributed by atoms with van der Waals surface area (Å²) in [7, 11) is -1.84. The molecule has 0 fully saturated rings. The molecule has 8 nitrogen and oxygen atoms in total. The molecule has 0 N–H and O–H groups in total. The molecule has 0 aliphatic rings. The number of hydrogen-bond acceptors (Lipinski definition) is 6. The third kappa shape index (κ3) is 7.53. The van der Waals surface area contributed by atoms with Gasteiger partial charge in [-0.15, -0.1) is 0 Å². The number of amides is 1. The van der Waals surface area contributed by atoms with E-state index in [4.69, 9.17) is 25.5 Å². The molecule has 37 heavy (non-hydrogen) atoms. The summed E-state index contributed by atoms with van der Waals surface area (Å²) in [5.41, 5.74) is 1.63. The molecule has 0 saturated carbocycles. The van der Waals surface area contributed by atoms with Gasteiger partial charge in [-0.1, -0.05) is 62.7 Å². The van der Waals surface area contributed by atoms with E-state index in [0.29, 0.717) is 24.7 Å². The summed E-state index contributed by atoms with van der Waals surface area (Å²) in [5, 5.41) is 4.91. The summed E-state index contributed by atoms with van der Waals surface area (Å²) in [4.78, 5) is 19.3. The molecular weight excluding hydrogens is 508 g/mol. The van der Waals surface area contributed by atoms with Crippen molar-refractivity contribution >= 4 is 37.5 Å². The molecule has 1 amide bonds. The van der Waals surface area contributed by atoms with Crippen LogP contribution < -0.4 is 4.90 Å². The van der Waals surface area contributed by atoms with Gasteiger partial charge >= 0.3 is 6.09 Å². The zero-order chi connectivity index (χ0) is 27.4. The van der Waals surface area contributed by atoms with Crippen LogP contribution in [-0.2, 0) is 13.9 Å². The van der Waals surface area contributed by atoms with Crippen LogP contribution in [0.4, 0.5) is 10.6 Å². The minimum Gasteiger partial charge on any atom is -0.443 e. The summed E-state index contributed by atoms with van der Waals surface area (Å²) < 4.78 is 19.4. The van der Waals surface area contributed by atoms with Crippen LogP contribution in [-0.4, -0.2) is 61.0 Å². The average molecular weight is 547 g/mol. The van der Waals surface area contributed by atoms with Gasteiger partial charge in [0.05, 0.1) is 32.6 Å². The van der Waals surface area contributed by atoms with Crippen LogP contribution in [0, 0.1) is 0 Å². The molecule has 0 aliphatic carbocycles. The smallest absolute Gasteiger partial charge is 0.416 e. The molecule has 0 atom stereocenters. The zero-order valence-corrected chi connectivity index (χ0v) is 24.9. The van der Waals surface area contributed by atoms with Crippen molar-refractivity contribution in [2.45, 2.75) is 65.3 Å². The van der Waals surface area contributed by atoms with Gasteiger partial charge in [0, 0.05) is 11.6 Å². The van der Waals surface area contributed by atoms with Crippen LogP contribution in [0.2, 0.25) is 23.3 Å². The maximum Gasteiger partial charge on any atom is 0.416 e. The van der Waals surface area contributed by atoms with Crippen molar-refractivity contribution in [3.05, 3.63) is 47.7 Å². The molecule has 0 saturated heterocycles. The fourth-order valence-electron chi connectivity index (χ4n) is 3.38. The number of nitrogens with zero attached hydrogens (tertiary/aromatic N) is 4. The van der Waals surface area contributed by atoms with Crippen LogP contribution in [0.15, 0.2) is 42.6 Å². The van der Waals surface area contributed by atoms with Crippen molar-refractivity contribution in [1.29, 1.82) is 0 Å². The number of ether oxygens (including phenoxy) is 2. The Bertz CT molecular complexity index is 1200. The second-order valence-electron chi connectivity index (χ2n) is 11.4. The lowest BCUT2D eigenvalue weighted by molar-refractivity contribution is 0.0548. The highest BCUT2D eigenvalue weighted by molar-refractivity contribution is 6.74. The van der Waals surface area contributed by atoms with Crippen molar-refractivity contribution in [2.75, 3.05) is 31.3 Å². The number of halogens is 1. The Balaban J connectivity index is 1.81. The van der Waals surface area contributed by atoms with Crippen molar-refractivity contribution in [3.63, 3.8) is 0 Å². The van der Waals surface area contributed by atoms with Gasteiger partial charge in [-0.2, -0.15) is 9.61 Å². The molecule has 0 spiro atoms. The normalized spacial score (nSPS) is 12.7. The Morgan fingerprint density at radius 2 is 1.73 bits per heavy atom. The third-order valence-electron chi connectivity index (χ3n) is 6.35. The van der Waals surface area contributed by atoms with E-state index in [0.717, 1.165) is 11.1 Å². The van der Waals surface area contributed by atoms with Gasteiger partial charge < -0.3 is 13.9 Å². The lowest BCUT2D eigenvalue weighted by Gasteiger charge is -2.36. The first kappa shape index (κ1) is 29.1. The van der Waals surface area contributed by atoms with Crippen molar-refractivity contribution < 1.29 is 18.7 Å². The molecule has 0 radical (unpaired) electrons. The largest absolute Gasteiger partial charge is 0.443 e. The Kier molecular flexibility index (Phi) is 9.05. The molecule has 0 bridgehead atoms. The lowest BCUT2D eigenvalue weighted by Crippen LogP contribution is -2.42. The molecule has 0 unspecified atom stereocenters. The second-order valence-corrected chi connectivity index (χ2v) is 16.6. The molecule has 2 aromatic heterocycles. The highest BCUT2D eigenvalue weighted by atomic mass is 35.5. The van der Waals surface area contributed by atoms with Gasteiger partial charge in [-0.25, -0.2) is 9.78 Å². The topological polar surface area (TPSA) is 78.2 Å². The van der Waals surface area contributed by atoms with E-state index in [2.05, 4.69) is 43.9 Å². The molecule has 1 aromatic carbocycles. The standard InChI is InChI=1S/C27H39ClN4O4Si/c1-26(2,3)36-25(33)31(14-15-34-16-17-35-37(7,8)27(4,5)6)23-18-22(28)30-24-21(19-29-32(23)24)20-12-10-9-11-13-20/h9-13,18-19H,14-17H2,1-8H3. The number of fused-ring (bicyclic) bond motifs is 1. The Morgan fingerprint density at radius 1 is 1.05 bits per heavy atom. The molecule has 3 aromatic rings. The van der Waals surface area contributed by atoms with Crippen molar-refractivity contribution in [2.24, 2.45) is 0 Å². The van der Waals surface area contributed by atoms with Crippen LogP contribution >= 0.6 is 11.6 Å². The maximum absolute atomic E-state index is 13.3. The Morgan fingerprint density at radius 3 is 2.35 bits per heavy atom. The Labute approximate surface area is 226 Å². The lowest BCUT2D eigenvalue weighted by atomic mass is 10.1. The number of carbonyl (C=O) groups is 1. The summed E-state index contributed by atoms with van der Waals surface area (Å²) in [6.07, 6.45) is 1.20. The fraction of sp³-hybridized carbons (Fsp3) is 0.519. The zero-order valence-electron chi connectivity index (χ0n) is 23.2. The SMILES string of the molecule is CC(C)(C)OC(=O)N(CCOCCO[Si](C)(C)C(C)(C)C)c1cc(Cl)nc2c(-c3ccccc3)cnn12. The van der Waals surface area contributed by atoms with E-state index >= 15 is 0 Å². The number of hydrogen-bond donors (Lipinski definition) is 0. The van der Waals surface area contributed by atoms with Gasteiger partial charge in [0.15, 0.2) is 14.0 Å². The first-order valence-corrected chi connectivity index (χ1v) is 15.8. The molecule has 10 heteroatoms. The third-order valence-corrected chi connectivity index (χ3v) is 11.1. The van der Waals surface area contributed by atoms with Crippen LogP contribution in [0.25, 0.3) is 16.8 Å². The van der Waals surface area contributed by atoms with E-state index < -0.39 is 20.0 Å². The predicted molar refractivity (Wildman–Crippen MR) is 151 cm³/mol. The number of anilines is 1. The van der Waals surface area contributed by atoms with E-state index in [9.17, 15) is 4.79 Å². The van der Waals surface area contributed by atoms with Gasteiger partial charge in [-0.3, -0.25) is 4.90 Å². The van der Waals surface area contributed by atoms with E-state index in [1.807, 2.05) is 51.1 Å². The number of aromatic nitrogens is 3. The van der Waals surface area contributed by atoms with Gasteiger partial charge in [0.1, 0.15) is 16.6 Å². The number of carbonyl (C=O) groups excluding carboxylic acids is 1. The average Bonchev–Trinajstić information content (AvgIpc) is 3.20. The summed E-state index contributed by atoms with van der Waals surface area (Å²) in [6, 6.07) is 11.4. The molecule has 2 heterocycles. The fourth-order valence-corrected chi connectivity index (χ4v) is 4.58.